The summed E-state index contributed by atoms with van der Waals surface area (Å²) in [5.41, 5.74) is 0. The highest BCUT2D eigenvalue weighted by Crippen LogP contribution is 2.29. The molecule has 2 bridgehead atoms. The molecule has 0 amide bonds. The van der Waals surface area contributed by atoms with E-state index in [1.54, 1.807) is 0 Å². The molecule has 50 valence electrons. The van der Waals surface area contributed by atoms with Gasteiger partial charge in [0, 0.05) is 12.8 Å². The van der Waals surface area contributed by atoms with Crippen LogP contribution >= 0.6 is 0 Å². The molecule has 2 nitrogen and oxygen atoms in total. The number of ketones is 1. The fourth-order valence-electron chi connectivity index (χ4n) is 1.67. The summed E-state index contributed by atoms with van der Waals surface area (Å²) in [6, 6.07) is 0. The van der Waals surface area contributed by atoms with Crippen LogP contribution in [0.15, 0.2) is 0 Å². The minimum atomic E-state index is 0.288. The minimum absolute atomic E-state index is 0.288. The van der Waals surface area contributed by atoms with Crippen molar-refractivity contribution in [2.45, 2.75) is 37.9 Å². The smallest absolute Gasteiger partial charge is 0.138 e. The van der Waals surface area contributed by atoms with Crippen LogP contribution in [-0.2, 0) is 9.53 Å². The number of carbonyl (C=O) groups excluding carboxylic acids is 1. The molecule has 0 spiro atoms. The van der Waals surface area contributed by atoms with E-state index in [9.17, 15) is 4.79 Å². The van der Waals surface area contributed by atoms with Crippen molar-refractivity contribution >= 4 is 5.78 Å². The van der Waals surface area contributed by atoms with E-state index in [0.29, 0.717) is 18.6 Å². The predicted octanol–water partition coefficient (Wildman–Crippen LogP) is 0.897. The van der Waals surface area contributed by atoms with Gasteiger partial charge in [0.15, 0.2) is 0 Å². The minimum Gasteiger partial charge on any atom is -0.374 e. The molecule has 2 aliphatic heterocycles. The predicted molar refractivity (Wildman–Crippen MR) is 32.1 cm³/mol. The Morgan fingerprint density at radius 1 is 1.22 bits per heavy atom. The first-order chi connectivity index (χ1) is 4.34. The van der Waals surface area contributed by atoms with Gasteiger partial charge in [-0.05, 0) is 12.8 Å². The van der Waals surface area contributed by atoms with Gasteiger partial charge < -0.3 is 4.74 Å². The number of carbonyl (C=O) groups is 1. The maximum atomic E-state index is 10.8. The number of ether oxygens (including phenoxy) is 1. The largest absolute Gasteiger partial charge is 0.374 e. The maximum Gasteiger partial charge on any atom is 0.138 e. The molecule has 0 aromatic carbocycles. The Morgan fingerprint density at radius 3 is 2.33 bits per heavy atom. The fourth-order valence-corrected chi connectivity index (χ4v) is 1.67. The molecular formula is C7H10O2. The van der Waals surface area contributed by atoms with Crippen LogP contribution in [0.4, 0.5) is 0 Å². The lowest BCUT2D eigenvalue weighted by molar-refractivity contribution is -0.129. The summed E-state index contributed by atoms with van der Waals surface area (Å²) in [6.45, 7) is 0. The Hall–Kier alpha value is -0.370. The highest BCUT2D eigenvalue weighted by molar-refractivity contribution is 5.80. The lowest BCUT2D eigenvalue weighted by atomic mass is 10.1. The van der Waals surface area contributed by atoms with Crippen molar-refractivity contribution < 1.29 is 9.53 Å². The van der Waals surface area contributed by atoms with Gasteiger partial charge in [0.05, 0.1) is 12.2 Å². The van der Waals surface area contributed by atoms with E-state index in [-0.39, 0.29) is 12.2 Å². The monoisotopic (exact) mass is 126 g/mol. The first-order valence-electron chi connectivity index (χ1n) is 3.52. The molecule has 9 heavy (non-hydrogen) atoms. The van der Waals surface area contributed by atoms with Crippen LogP contribution < -0.4 is 0 Å². The Bertz CT molecular complexity index is 128. The third-order valence-electron chi connectivity index (χ3n) is 2.11. The summed E-state index contributed by atoms with van der Waals surface area (Å²) in [5, 5.41) is 0. The highest BCUT2D eigenvalue weighted by Gasteiger charge is 2.33. The Balaban J connectivity index is 2.11. The number of fused-ring (bicyclic) bond motifs is 2. The van der Waals surface area contributed by atoms with Gasteiger partial charge in [-0.3, -0.25) is 4.79 Å². The number of Topliss-reactive ketones (excluding diaryl/α,β-unsaturated/α-hetero) is 1. The average Bonchev–Trinajstić information content (AvgIpc) is 2.11. The van der Waals surface area contributed by atoms with E-state index in [2.05, 4.69) is 0 Å². The Kier molecular flexibility index (Phi) is 1.09. The van der Waals surface area contributed by atoms with E-state index in [1.165, 1.54) is 0 Å². The second-order valence-electron chi connectivity index (χ2n) is 2.90. The van der Waals surface area contributed by atoms with Gasteiger partial charge in [-0.1, -0.05) is 0 Å². The van der Waals surface area contributed by atoms with Crippen LogP contribution in [0.3, 0.4) is 0 Å². The summed E-state index contributed by atoms with van der Waals surface area (Å²) in [5.74, 6) is 0.397. The zero-order chi connectivity index (χ0) is 6.27. The molecule has 0 saturated carbocycles. The molecule has 0 aromatic rings. The second kappa shape index (κ2) is 1.81. The van der Waals surface area contributed by atoms with Crippen LogP contribution in [0, 0.1) is 0 Å². The fraction of sp³-hybridized carbons (Fsp3) is 0.857. The average molecular weight is 126 g/mol. The van der Waals surface area contributed by atoms with Crippen LogP contribution in [0.2, 0.25) is 0 Å². The van der Waals surface area contributed by atoms with E-state index in [1.807, 2.05) is 0 Å². The summed E-state index contributed by atoms with van der Waals surface area (Å²) >= 11 is 0. The molecule has 2 rings (SSSR count). The van der Waals surface area contributed by atoms with Gasteiger partial charge in [-0.25, -0.2) is 0 Å². The number of hydrogen-bond acceptors (Lipinski definition) is 2. The summed E-state index contributed by atoms with van der Waals surface area (Å²) in [7, 11) is 0. The molecule has 2 atom stereocenters. The lowest BCUT2D eigenvalue weighted by Crippen LogP contribution is -2.24. The zero-order valence-electron chi connectivity index (χ0n) is 5.30. The van der Waals surface area contributed by atoms with Gasteiger partial charge in [0.25, 0.3) is 0 Å². The molecule has 2 heteroatoms. The van der Waals surface area contributed by atoms with Crippen LogP contribution in [0.5, 0.6) is 0 Å². The molecule has 0 aliphatic carbocycles. The van der Waals surface area contributed by atoms with E-state index in [0.717, 1.165) is 12.8 Å². The molecule has 0 radical (unpaired) electrons. The van der Waals surface area contributed by atoms with Crippen LogP contribution in [0.25, 0.3) is 0 Å². The van der Waals surface area contributed by atoms with E-state index < -0.39 is 0 Å². The molecule has 2 fully saturated rings. The topological polar surface area (TPSA) is 26.3 Å². The van der Waals surface area contributed by atoms with Crippen molar-refractivity contribution in [2.75, 3.05) is 0 Å². The van der Waals surface area contributed by atoms with E-state index >= 15 is 0 Å². The van der Waals surface area contributed by atoms with Gasteiger partial charge in [-0.2, -0.15) is 0 Å². The van der Waals surface area contributed by atoms with Gasteiger partial charge in [0.1, 0.15) is 5.78 Å². The SMILES string of the molecule is O=C1CC2CCC(C1)O2. The first-order valence-corrected chi connectivity index (χ1v) is 3.52. The standard InChI is InChI=1S/C7H10O2/c8-5-3-6-1-2-7(4-5)9-6/h6-7H,1-4H2. The Labute approximate surface area is 54.2 Å². The quantitative estimate of drug-likeness (QED) is 0.482. The molecule has 0 aromatic heterocycles. The van der Waals surface area contributed by atoms with Gasteiger partial charge in [-0.15, -0.1) is 0 Å². The van der Waals surface area contributed by atoms with Crippen molar-refractivity contribution in [1.82, 2.24) is 0 Å². The molecule has 2 aliphatic rings. The normalized spacial score (nSPS) is 41.6. The van der Waals surface area contributed by atoms with Crippen molar-refractivity contribution in [3.63, 3.8) is 0 Å². The summed E-state index contributed by atoms with van der Waals surface area (Å²) in [6.07, 6.45) is 4.15. The summed E-state index contributed by atoms with van der Waals surface area (Å²) in [4.78, 5) is 10.8. The third-order valence-corrected chi connectivity index (χ3v) is 2.11. The van der Waals surface area contributed by atoms with Gasteiger partial charge in [0.2, 0.25) is 0 Å². The zero-order valence-corrected chi connectivity index (χ0v) is 5.30. The number of hydrogen-bond donors (Lipinski definition) is 0. The molecular weight excluding hydrogens is 116 g/mol. The highest BCUT2D eigenvalue weighted by atomic mass is 16.5. The van der Waals surface area contributed by atoms with E-state index in [4.69, 9.17) is 4.74 Å². The van der Waals surface area contributed by atoms with Crippen LogP contribution in [-0.4, -0.2) is 18.0 Å². The maximum absolute atomic E-state index is 10.8. The molecule has 2 unspecified atom stereocenters. The van der Waals surface area contributed by atoms with Crippen molar-refractivity contribution in [1.29, 1.82) is 0 Å². The molecule has 2 saturated heterocycles. The lowest BCUT2D eigenvalue weighted by Gasteiger charge is -2.17. The Morgan fingerprint density at radius 2 is 1.78 bits per heavy atom. The second-order valence-corrected chi connectivity index (χ2v) is 2.90. The first kappa shape index (κ1) is 5.42. The third kappa shape index (κ3) is 0.874. The molecule has 0 N–H and O–H groups in total. The molecule has 2 heterocycles. The van der Waals surface area contributed by atoms with Crippen LogP contribution in [0.1, 0.15) is 25.7 Å². The number of rotatable bonds is 0. The van der Waals surface area contributed by atoms with Gasteiger partial charge >= 0.3 is 0 Å². The van der Waals surface area contributed by atoms with Crippen molar-refractivity contribution in [3.8, 4) is 0 Å². The van der Waals surface area contributed by atoms with Crippen molar-refractivity contribution in [2.24, 2.45) is 0 Å². The van der Waals surface area contributed by atoms with Crippen molar-refractivity contribution in [3.05, 3.63) is 0 Å². The summed E-state index contributed by atoms with van der Waals surface area (Å²) < 4.78 is 5.45.